The molecule has 0 amide bonds. The second-order valence-corrected chi connectivity index (χ2v) is 8.46. The largest absolute Gasteiger partial charge is 0.504 e. The van der Waals surface area contributed by atoms with Crippen molar-refractivity contribution >= 4 is 16.9 Å². The van der Waals surface area contributed by atoms with Crippen molar-refractivity contribution in [1.82, 2.24) is 0 Å². The van der Waals surface area contributed by atoms with Gasteiger partial charge in [0, 0.05) is 17.5 Å². The number of ether oxygens (including phenoxy) is 4. The van der Waals surface area contributed by atoms with Crippen molar-refractivity contribution in [3.05, 3.63) is 69.9 Å². The van der Waals surface area contributed by atoms with Gasteiger partial charge in [-0.05, 0) is 17.7 Å². The fraction of sp³-hybridized carbons (Fsp3) is 0.185. The molecule has 2 N–H and O–H groups in total. The summed E-state index contributed by atoms with van der Waals surface area (Å²) in [5, 5.41) is 21.2. The van der Waals surface area contributed by atoms with Gasteiger partial charge in [0.2, 0.25) is 11.5 Å². The highest BCUT2D eigenvalue weighted by Crippen LogP contribution is 2.53. The lowest BCUT2D eigenvalue weighted by atomic mass is 9.84. The van der Waals surface area contributed by atoms with Crippen LogP contribution in [0.25, 0.3) is 22.3 Å². The van der Waals surface area contributed by atoms with E-state index < -0.39 is 28.8 Å². The van der Waals surface area contributed by atoms with Gasteiger partial charge in [0.25, 0.3) is 0 Å². The summed E-state index contributed by atoms with van der Waals surface area (Å²) in [7, 11) is 1.49. The Morgan fingerprint density at radius 3 is 2.50 bits per heavy atom. The van der Waals surface area contributed by atoms with Gasteiger partial charge >= 0.3 is 5.97 Å². The zero-order valence-electron chi connectivity index (χ0n) is 19.1. The Kier molecular flexibility index (Phi) is 4.99. The number of rotatable bonds is 3. The molecule has 9 nitrogen and oxygen atoms in total. The molecule has 4 aromatic rings. The molecule has 3 heterocycles. The van der Waals surface area contributed by atoms with Gasteiger partial charge in [0.15, 0.2) is 28.4 Å². The third-order valence-corrected chi connectivity index (χ3v) is 6.36. The van der Waals surface area contributed by atoms with E-state index in [4.69, 9.17) is 23.4 Å². The van der Waals surface area contributed by atoms with E-state index in [1.807, 2.05) is 6.07 Å². The monoisotopic (exact) mass is 488 g/mol. The molecule has 0 radical (unpaired) electrons. The number of carbonyl (C=O) groups is 1. The molecule has 2 aliphatic heterocycles. The summed E-state index contributed by atoms with van der Waals surface area (Å²) in [5.41, 5.74) is 0.948. The fourth-order valence-electron chi connectivity index (χ4n) is 4.73. The summed E-state index contributed by atoms with van der Waals surface area (Å²) in [5.74, 6) is -1.48. The number of methoxy groups -OCH3 is 1. The zero-order valence-corrected chi connectivity index (χ0v) is 19.1. The Hall–Kier alpha value is -4.66. The first-order chi connectivity index (χ1) is 17.5. The van der Waals surface area contributed by atoms with Gasteiger partial charge < -0.3 is 33.6 Å². The highest BCUT2D eigenvalue weighted by atomic mass is 16.6. The van der Waals surface area contributed by atoms with Crippen molar-refractivity contribution in [3.63, 3.8) is 0 Å². The Balaban J connectivity index is 1.66. The Bertz CT molecular complexity index is 1570. The first-order valence-electron chi connectivity index (χ1n) is 11.3. The quantitative estimate of drug-likeness (QED) is 0.249. The SMILES string of the molecule is COc1cc([C@@H]2CC(=O)Oc3c(O)c(O)c4c(=O)cc(-c5ccccc5)oc4c32)cc2c1OCCO2. The lowest BCUT2D eigenvalue weighted by Crippen LogP contribution is -2.23. The van der Waals surface area contributed by atoms with Gasteiger partial charge in [-0.2, -0.15) is 0 Å². The molecule has 1 atom stereocenters. The molecule has 0 bridgehead atoms. The molecule has 0 fully saturated rings. The minimum atomic E-state index is -0.717. The number of benzene rings is 3. The maximum atomic E-state index is 13.1. The van der Waals surface area contributed by atoms with Crippen LogP contribution >= 0.6 is 0 Å². The van der Waals surface area contributed by atoms with Crippen LogP contribution in [0.4, 0.5) is 0 Å². The van der Waals surface area contributed by atoms with E-state index in [-0.39, 0.29) is 34.5 Å². The standard InChI is InChI=1S/C27H20O9/c1-32-18-9-14(10-19-25(18)34-8-7-33-19)15-11-20(29)36-27-21(15)26-22(23(30)24(27)31)16(28)12-17(35-26)13-5-3-2-4-6-13/h2-6,9-10,12,15,30-31H,7-8,11H2,1H3/t15-/m0/s1. The van der Waals surface area contributed by atoms with Crippen LogP contribution in [0.5, 0.6) is 34.5 Å². The maximum Gasteiger partial charge on any atom is 0.312 e. The lowest BCUT2D eigenvalue weighted by Gasteiger charge is -2.28. The number of aromatic hydroxyl groups is 2. The zero-order chi connectivity index (χ0) is 25.0. The van der Waals surface area contributed by atoms with Crippen molar-refractivity contribution < 1.29 is 38.4 Å². The molecule has 0 saturated heterocycles. The van der Waals surface area contributed by atoms with Crippen LogP contribution in [-0.4, -0.2) is 36.5 Å². The summed E-state index contributed by atoms with van der Waals surface area (Å²) < 4.78 is 28.5. The second-order valence-electron chi connectivity index (χ2n) is 8.46. The molecule has 0 saturated carbocycles. The summed E-state index contributed by atoms with van der Waals surface area (Å²) in [6, 6.07) is 13.7. The van der Waals surface area contributed by atoms with Gasteiger partial charge in [-0.1, -0.05) is 30.3 Å². The van der Waals surface area contributed by atoms with Crippen molar-refractivity contribution in [1.29, 1.82) is 0 Å². The lowest BCUT2D eigenvalue weighted by molar-refractivity contribution is -0.135. The Morgan fingerprint density at radius 2 is 1.72 bits per heavy atom. The van der Waals surface area contributed by atoms with Crippen LogP contribution in [-0.2, 0) is 4.79 Å². The second kappa shape index (κ2) is 8.23. The smallest absolute Gasteiger partial charge is 0.312 e. The topological polar surface area (TPSA) is 125 Å². The normalized spacial score (nSPS) is 16.4. The predicted octanol–water partition coefficient (Wildman–Crippen LogP) is 4.09. The predicted molar refractivity (Wildman–Crippen MR) is 127 cm³/mol. The van der Waals surface area contributed by atoms with Crippen LogP contribution in [0.2, 0.25) is 0 Å². The van der Waals surface area contributed by atoms with Gasteiger partial charge in [0.1, 0.15) is 29.9 Å². The summed E-state index contributed by atoms with van der Waals surface area (Å²) in [6.45, 7) is 0.711. The number of phenolic OH excluding ortho intramolecular Hbond substituents is 2. The van der Waals surface area contributed by atoms with Crippen LogP contribution in [0.3, 0.4) is 0 Å². The van der Waals surface area contributed by atoms with E-state index >= 15 is 0 Å². The molecule has 6 rings (SSSR count). The van der Waals surface area contributed by atoms with Crippen molar-refractivity contribution in [2.24, 2.45) is 0 Å². The van der Waals surface area contributed by atoms with E-state index in [2.05, 4.69) is 0 Å². The van der Waals surface area contributed by atoms with E-state index in [0.29, 0.717) is 41.6 Å². The van der Waals surface area contributed by atoms with E-state index in [1.54, 1.807) is 36.4 Å². The average Bonchev–Trinajstić information content (AvgIpc) is 2.90. The van der Waals surface area contributed by atoms with Gasteiger partial charge in [-0.3, -0.25) is 9.59 Å². The number of hydrogen-bond donors (Lipinski definition) is 2. The molecular weight excluding hydrogens is 468 g/mol. The molecule has 0 spiro atoms. The molecule has 36 heavy (non-hydrogen) atoms. The average molecular weight is 488 g/mol. The van der Waals surface area contributed by atoms with Crippen molar-refractivity contribution in [2.45, 2.75) is 12.3 Å². The fourth-order valence-corrected chi connectivity index (χ4v) is 4.73. The third-order valence-electron chi connectivity index (χ3n) is 6.36. The van der Waals surface area contributed by atoms with E-state index in [9.17, 15) is 19.8 Å². The van der Waals surface area contributed by atoms with Crippen LogP contribution in [0, 0.1) is 0 Å². The van der Waals surface area contributed by atoms with Crippen molar-refractivity contribution in [2.75, 3.05) is 20.3 Å². The number of fused-ring (bicyclic) bond motifs is 4. The van der Waals surface area contributed by atoms with Crippen LogP contribution in [0.15, 0.2) is 57.7 Å². The van der Waals surface area contributed by atoms with E-state index in [1.165, 1.54) is 13.2 Å². The Labute approximate surface area is 204 Å². The molecule has 182 valence electrons. The number of hydrogen-bond acceptors (Lipinski definition) is 9. The Morgan fingerprint density at radius 1 is 0.944 bits per heavy atom. The highest BCUT2D eigenvalue weighted by Gasteiger charge is 2.37. The molecule has 1 aromatic heterocycles. The minimum Gasteiger partial charge on any atom is -0.504 e. The molecular formula is C27H20O9. The molecule has 2 aliphatic rings. The summed E-state index contributed by atoms with van der Waals surface area (Å²) in [4.78, 5) is 25.7. The highest BCUT2D eigenvalue weighted by molar-refractivity contribution is 5.96. The number of phenols is 2. The van der Waals surface area contributed by atoms with Crippen LogP contribution in [0.1, 0.15) is 23.5 Å². The van der Waals surface area contributed by atoms with Gasteiger partial charge in [-0.25, -0.2) is 0 Å². The molecule has 9 heteroatoms. The minimum absolute atomic E-state index is 0.0120. The van der Waals surface area contributed by atoms with Crippen molar-refractivity contribution in [3.8, 4) is 45.8 Å². The number of carbonyl (C=O) groups excluding carboxylic acids is 1. The number of esters is 1. The van der Waals surface area contributed by atoms with Gasteiger partial charge in [0.05, 0.1) is 19.1 Å². The van der Waals surface area contributed by atoms with E-state index in [0.717, 1.165) is 0 Å². The first kappa shape index (κ1) is 21.8. The summed E-state index contributed by atoms with van der Waals surface area (Å²) >= 11 is 0. The maximum absolute atomic E-state index is 13.1. The first-order valence-corrected chi connectivity index (χ1v) is 11.3. The molecule has 3 aromatic carbocycles. The summed E-state index contributed by atoms with van der Waals surface area (Å²) in [6.07, 6.45) is -0.117. The van der Waals surface area contributed by atoms with Crippen LogP contribution < -0.4 is 24.4 Å². The molecule has 0 aliphatic carbocycles. The third kappa shape index (κ3) is 3.31. The van der Waals surface area contributed by atoms with Gasteiger partial charge in [-0.15, -0.1) is 0 Å². The molecule has 0 unspecified atom stereocenters.